The van der Waals surface area contributed by atoms with Gasteiger partial charge in [0.25, 0.3) is 0 Å². The molecule has 0 aromatic rings. The number of hydrogen-bond acceptors (Lipinski definition) is 3. The largest absolute Gasteiger partial charge is 0.355 e. The van der Waals surface area contributed by atoms with Crippen molar-refractivity contribution in [1.82, 2.24) is 9.62 Å². The zero-order valence-corrected chi connectivity index (χ0v) is 10.7. The predicted octanol–water partition coefficient (Wildman–Crippen LogP) is 0.327. The maximum Gasteiger partial charge on any atom is 0.238 e. The third-order valence-electron chi connectivity index (χ3n) is 2.76. The van der Waals surface area contributed by atoms with Crippen LogP contribution in [0.5, 0.6) is 0 Å². The highest BCUT2D eigenvalue weighted by molar-refractivity contribution is 7.88. The SMILES string of the molecule is CCCCNC(=O)C1CCCN1S(C)(=O)=O. The van der Waals surface area contributed by atoms with Crippen LogP contribution in [0.3, 0.4) is 0 Å². The van der Waals surface area contributed by atoms with Crippen molar-refractivity contribution in [1.29, 1.82) is 0 Å². The first kappa shape index (κ1) is 13.4. The molecule has 6 heteroatoms. The van der Waals surface area contributed by atoms with Gasteiger partial charge in [-0.2, -0.15) is 4.31 Å². The van der Waals surface area contributed by atoms with Gasteiger partial charge in [0.2, 0.25) is 15.9 Å². The Morgan fingerprint density at radius 2 is 2.19 bits per heavy atom. The number of sulfonamides is 1. The highest BCUT2D eigenvalue weighted by atomic mass is 32.2. The Morgan fingerprint density at radius 1 is 1.50 bits per heavy atom. The fraction of sp³-hybridized carbons (Fsp3) is 0.900. The lowest BCUT2D eigenvalue weighted by atomic mass is 10.2. The molecule has 1 aliphatic rings. The van der Waals surface area contributed by atoms with Crippen molar-refractivity contribution >= 4 is 15.9 Å². The molecule has 1 amide bonds. The van der Waals surface area contributed by atoms with E-state index in [9.17, 15) is 13.2 Å². The van der Waals surface area contributed by atoms with E-state index in [2.05, 4.69) is 5.32 Å². The molecule has 0 aliphatic carbocycles. The van der Waals surface area contributed by atoms with Crippen LogP contribution in [0, 0.1) is 0 Å². The van der Waals surface area contributed by atoms with Crippen LogP contribution in [0.15, 0.2) is 0 Å². The second kappa shape index (κ2) is 5.63. The topological polar surface area (TPSA) is 66.5 Å². The maximum absolute atomic E-state index is 11.8. The summed E-state index contributed by atoms with van der Waals surface area (Å²) in [5.41, 5.74) is 0. The number of carbonyl (C=O) groups excluding carboxylic acids is 1. The molecule has 1 aliphatic heterocycles. The normalized spacial score (nSPS) is 22.2. The Hall–Kier alpha value is -0.620. The van der Waals surface area contributed by atoms with Crippen LogP contribution in [0.25, 0.3) is 0 Å². The van der Waals surface area contributed by atoms with Crippen LogP contribution in [-0.4, -0.2) is 44.0 Å². The highest BCUT2D eigenvalue weighted by Gasteiger charge is 2.35. The van der Waals surface area contributed by atoms with Gasteiger partial charge in [-0.05, 0) is 19.3 Å². The fourth-order valence-electron chi connectivity index (χ4n) is 1.91. The van der Waals surface area contributed by atoms with E-state index in [0.717, 1.165) is 25.5 Å². The molecule has 1 rings (SSSR count). The summed E-state index contributed by atoms with van der Waals surface area (Å²) >= 11 is 0. The number of unbranched alkanes of at least 4 members (excludes halogenated alkanes) is 1. The lowest BCUT2D eigenvalue weighted by Crippen LogP contribution is -2.45. The van der Waals surface area contributed by atoms with E-state index in [1.807, 2.05) is 6.92 Å². The van der Waals surface area contributed by atoms with Gasteiger partial charge in [-0.1, -0.05) is 13.3 Å². The van der Waals surface area contributed by atoms with Crippen LogP contribution >= 0.6 is 0 Å². The van der Waals surface area contributed by atoms with E-state index < -0.39 is 16.1 Å². The van der Waals surface area contributed by atoms with Gasteiger partial charge in [-0.3, -0.25) is 4.79 Å². The molecule has 94 valence electrons. The average molecular weight is 248 g/mol. The third-order valence-corrected chi connectivity index (χ3v) is 4.05. The molecule has 1 saturated heterocycles. The summed E-state index contributed by atoms with van der Waals surface area (Å²) in [7, 11) is -3.25. The van der Waals surface area contributed by atoms with Gasteiger partial charge in [-0.15, -0.1) is 0 Å². The predicted molar refractivity (Wildman–Crippen MR) is 62.5 cm³/mol. The molecule has 0 radical (unpaired) electrons. The third kappa shape index (κ3) is 3.45. The second-order valence-electron chi connectivity index (χ2n) is 4.18. The first-order valence-corrected chi connectivity index (χ1v) is 7.56. The summed E-state index contributed by atoms with van der Waals surface area (Å²) in [6.07, 6.45) is 4.49. The van der Waals surface area contributed by atoms with Crippen LogP contribution in [0.2, 0.25) is 0 Å². The molecule has 0 aromatic heterocycles. The Labute approximate surface area is 97.2 Å². The van der Waals surface area contributed by atoms with Gasteiger partial charge in [0.15, 0.2) is 0 Å². The molecule has 0 aromatic carbocycles. The number of hydrogen-bond donors (Lipinski definition) is 1. The van der Waals surface area contributed by atoms with Gasteiger partial charge in [0.05, 0.1) is 6.26 Å². The molecular weight excluding hydrogens is 228 g/mol. The highest BCUT2D eigenvalue weighted by Crippen LogP contribution is 2.20. The molecule has 1 unspecified atom stereocenters. The number of rotatable bonds is 5. The summed E-state index contributed by atoms with van der Waals surface area (Å²) in [5.74, 6) is -0.156. The second-order valence-corrected chi connectivity index (χ2v) is 6.11. The van der Waals surface area contributed by atoms with Crippen LogP contribution in [-0.2, 0) is 14.8 Å². The van der Waals surface area contributed by atoms with Gasteiger partial charge in [0.1, 0.15) is 6.04 Å². The Morgan fingerprint density at radius 3 is 2.75 bits per heavy atom. The summed E-state index contributed by atoms with van der Waals surface area (Å²) in [4.78, 5) is 11.8. The van der Waals surface area contributed by atoms with E-state index >= 15 is 0 Å². The molecule has 0 saturated carbocycles. The molecule has 16 heavy (non-hydrogen) atoms. The summed E-state index contributed by atoms with van der Waals surface area (Å²) < 4.78 is 24.1. The molecular formula is C10H20N2O3S. The van der Waals surface area contributed by atoms with E-state index in [1.54, 1.807) is 0 Å². The molecule has 0 bridgehead atoms. The van der Waals surface area contributed by atoms with Crippen molar-refractivity contribution in [2.75, 3.05) is 19.3 Å². The Balaban J connectivity index is 2.55. The molecule has 1 atom stereocenters. The first-order valence-electron chi connectivity index (χ1n) is 5.71. The number of nitrogens with one attached hydrogen (secondary N) is 1. The van der Waals surface area contributed by atoms with Crippen molar-refractivity contribution < 1.29 is 13.2 Å². The van der Waals surface area contributed by atoms with E-state index in [-0.39, 0.29) is 5.91 Å². The smallest absolute Gasteiger partial charge is 0.238 e. The minimum absolute atomic E-state index is 0.156. The first-order chi connectivity index (χ1) is 7.46. The van der Waals surface area contributed by atoms with Crippen molar-refractivity contribution in [3.05, 3.63) is 0 Å². The zero-order chi connectivity index (χ0) is 12.2. The lowest BCUT2D eigenvalue weighted by Gasteiger charge is -2.21. The van der Waals surface area contributed by atoms with Gasteiger partial charge >= 0.3 is 0 Å². The Bertz CT molecular complexity index is 340. The van der Waals surface area contributed by atoms with Gasteiger partial charge < -0.3 is 5.32 Å². The maximum atomic E-state index is 11.8. The number of nitrogens with zero attached hydrogens (tertiary/aromatic N) is 1. The monoisotopic (exact) mass is 248 g/mol. The molecule has 1 N–H and O–H groups in total. The van der Waals surface area contributed by atoms with Crippen LogP contribution < -0.4 is 5.32 Å². The quantitative estimate of drug-likeness (QED) is 0.713. The van der Waals surface area contributed by atoms with E-state index in [0.29, 0.717) is 19.5 Å². The number of carbonyl (C=O) groups is 1. The van der Waals surface area contributed by atoms with Crippen LogP contribution in [0.1, 0.15) is 32.6 Å². The molecule has 1 fully saturated rings. The summed E-state index contributed by atoms with van der Waals surface area (Å²) in [6, 6.07) is -0.494. The summed E-state index contributed by atoms with van der Waals surface area (Å²) in [6.45, 7) is 3.14. The molecule has 5 nitrogen and oxygen atoms in total. The average Bonchev–Trinajstić information content (AvgIpc) is 2.65. The van der Waals surface area contributed by atoms with Crippen molar-refractivity contribution in [3.63, 3.8) is 0 Å². The number of amides is 1. The zero-order valence-electron chi connectivity index (χ0n) is 9.90. The van der Waals surface area contributed by atoms with Crippen molar-refractivity contribution in [3.8, 4) is 0 Å². The van der Waals surface area contributed by atoms with Crippen molar-refractivity contribution in [2.45, 2.75) is 38.6 Å². The minimum atomic E-state index is -3.25. The molecule has 0 spiro atoms. The van der Waals surface area contributed by atoms with Gasteiger partial charge in [0, 0.05) is 13.1 Å². The van der Waals surface area contributed by atoms with E-state index in [4.69, 9.17) is 0 Å². The van der Waals surface area contributed by atoms with E-state index in [1.165, 1.54) is 4.31 Å². The van der Waals surface area contributed by atoms with Crippen molar-refractivity contribution in [2.24, 2.45) is 0 Å². The Kier molecular flexibility index (Phi) is 4.73. The summed E-state index contributed by atoms with van der Waals surface area (Å²) in [5, 5.41) is 2.78. The fourth-order valence-corrected chi connectivity index (χ4v) is 3.03. The van der Waals surface area contributed by atoms with Crippen LogP contribution in [0.4, 0.5) is 0 Å². The standard InChI is InChI=1S/C10H20N2O3S/c1-3-4-7-11-10(13)9-6-5-8-12(9)16(2,14)15/h9H,3-8H2,1-2H3,(H,11,13). The molecule has 1 heterocycles. The minimum Gasteiger partial charge on any atom is -0.355 e. The lowest BCUT2D eigenvalue weighted by molar-refractivity contribution is -0.124. The van der Waals surface area contributed by atoms with Gasteiger partial charge in [-0.25, -0.2) is 8.42 Å².